The minimum atomic E-state index is -0.562. The second-order valence-electron chi connectivity index (χ2n) is 4.77. The molecule has 4 nitrogen and oxygen atoms in total. The van der Waals surface area contributed by atoms with Crippen LogP contribution >= 0.6 is 23.2 Å². The zero-order chi connectivity index (χ0) is 16.8. The molecular weight excluding hydrogens is 337 g/mol. The standard InChI is InChI=1S/C17H15Cl2NO3/c1-2-11-6-8-12(9-7-11)17(22)23-10-15(21)20-16-13(18)4-3-5-14(16)19/h3-9H,2,10H2,1H3,(H,20,21). The van der Waals surface area contributed by atoms with Crippen molar-refractivity contribution in [2.45, 2.75) is 13.3 Å². The smallest absolute Gasteiger partial charge is 0.338 e. The highest BCUT2D eigenvalue weighted by molar-refractivity contribution is 6.39. The molecule has 0 fully saturated rings. The van der Waals surface area contributed by atoms with Crippen LogP contribution in [0.25, 0.3) is 0 Å². The number of carbonyl (C=O) groups is 2. The van der Waals surface area contributed by atoms with Gasteiger partial charge in [-0.25, -0.2) is 4.79 Å². The summed E-state index contributed by atoms with van der Waals surface area (Å²) in [6.07, 6.45) is 0.885. The van der Waals surface area contributed by atoms with E-state index in [1.54, 1.807) is 30.3 Å². The van der Waals surface area contributed by atoms with Gasteiger partial charge >= 0.3 is 5.97 Å². The lowest BCUT2D eigenvalue weighted by molar-refractivity contribution is -0.119. The Bertz CT molecular complexity index is 694. The Morgan fingerprint density at radius 3 is 2.22 bits per heavy atom. The topological polar surface area (TPSA) is 55.4 Å². The summed E-state index contributed by atoms with van der Waals surface area (Å²) in [5.74, 6) is -1.08. The van der Waals surface area contributed by atoms with Crippen LogP contribution in [0.4, 0.5) is 5.69 Å². The molecule has 1 amide bonds. The predicted octanol–water partition coefficient (Wildman–Crippen LogP) is 4.35. The van der Waals surface area contributed by atoms with Crippen molar-refractivity contribution in [3.05, 3.63) is 63.6 Å². The Balaban J connectivity index is 1.92. The second-order valence-corrected chi connectivity index (χ2v) is 5.59. The van der Waals surface area contributed by atoms with Gasteiger partial charge in [0.25, 0.3) is 5.91 Å². The number of para-hydroxylation sites is 1. The number of amides is 1. The van der Waals surface area contributed by atoms with Crippen molar-refractivity contribution in [3.8, 4) is 0 Å². The van der Waals surface area contributed by atoms with Crippen molar-refractivity contribution in [2.24, 2.45) is 0 Å². The van der Waals surface area contributed by atoms with Crippen molar-refractivity contribution in [3.63, 3.8) is 0 Å². The average molecular weight is 352 g/mol. The van der Waals surface area contributed by atoms with Crippen molar-refractivity contribution in [1.82, 2.24) is 0 Å². The molecular formula is C17H15Cl2NO3. The molecule has 23 heavy (non-hydrogen) atoms. The third-order valence-corrected chi connectivity index (χ3v) is 3.79. The molecule has 0 aliphatic carbocycles. The maximum Gasteiger partial charge on any atom is 0.338 e. The van der Waals surface area contributed by atoms with Gasteiger partial charge in [0.2, 0.25) is 0 Å². The Morgan fingerprint density at radius 1 is 1.04 bits per heavy atom. The highest BCUT2D eigenvalue weighted by Crippen LogP contribution is 2.29. The minimum absolute atomic E-state index is 0.296. The Labute approximate surface area is 144 Å². The summed E-state index contributed by atoms with van der Waals surface area (Å²) < 4.78 is 4.98. The molecule has 0 aliphatic heterocycles. The van der Waals surface area contributed by atoms with Gasteiger partial charge in [-0.2, -0.15) is 0 Å². The van der Waals surface area contributed by atoms with Crippen molar-refractivity contribution in [2.75, 3.05) is 11.9 Å². The summed E-state index contributed by atoms with van der Waals surface area (Å²) >= 11 is 11.9. The highest BCUT2D eigenvalue weighted by atomic mass is 35.5. The predicted molar refractivity (Wildman–Crippen MR) is 91.2 cm³/mol. The Morgan fingerprint density at radius 2 is 1.65 bits per heavy atom. The number of benzene rings is 2. The number of halogens is 2. The molecule has 0 unspecified atom stereocenters. The van der Waals surface area contributed by atoms with Crippen LogP contribution in [0.5, 0.6) is 0 Å². The quantitative estimate of drug-likeness (QED) is 0.814. The van der Waals surface area contributed by atoms with Crippen molar-refractivity contribution < 1.29 is 14.3 Å². The third kappa shape index (κ3) is 4.71. The van der Waals surface area contributed by atoms with E-state index in [9.17, 15) is 9.59 Å². The Kier molecular flexibility index (Phi) is 6.02. The maximum absolute atomic E-state index is 11.9. The normalized spacial score (nSPS) is 10.2. The Hall–Kier alpha value is -2.04. The van der Waals surface area contributed by atoms with Crippen LogP contribution in [-0.4, -0.2) is 18.5 Å². The number of hydrogen-bond acceptors (Lipinski definition) is 3. The number of hydrogen-bond donors (Lipinski definition) is 1. The van der Waals surface area contributed by atoms with Gasteiger partial charge in [0.1, 0.15) is 0 Å². The SMILES string of the molecule is CCc1ccc(C(=O)OCC(=O)Nc2c(Cl)cccc2Cl)cc1. The fraction of sp³-hybridized carbons (Fsp3) is 0.176. The van der Waals surface area contributed by atoms with E-state index in [1.807, 2.05) is 19.1 Å². The van der Waals surface area contributed by atoms with E-state index in [4.69, 9.17) is 27.9 Å². The lowest BCUT2D eigenvalue weighted by Gasteiger charge is -2.09. The van der Waals surface area contributed by atoms with Gasteiger partial charge in [-0.05, 0) is 36.2 Å². The molecule has 0 spiro atoms. The molecule has 120 valence electrons. The molecule has 6 heteroatoms. The third-order valence-electron chi connectivity index (χ3n) is 3.16. The average Bonchev–Trinajstić information content (AvgIpc) is 2.56. The van der Waals surface area contributed by atoms with Crippen LogP contribution < -0.4 is 5.32 Å². The molecule has 0 aliphatic rings. The molecule has 2 aromatic carbocycles. The van der Waals surface area contributed by atoms with Crippen LogP contribution in [0.2, 0.25) is 10.0 Å². The summed E-state index contributed by atoms with van der Waals surface area (Å²) in [4.78, 5) is 23.7. The van der Waals surface area contributed by atoms with Gasteiger partial charge < -0.3 is 10.1 Å². The molecule has 1 N–H and O–H groups in total. The first-order chi connectivity index (χ1) is 11.0. The number of aryl methyl sites for hydroxylation is 1. The van der Waals surface area contributed by atoms with Crippen LogP contribution in [0, 0.1) is 0 Å². The number of ether oxygens (including phenoxy) is 1. The zero-order valence-corrected chi connectivity index (χ0v) is 13.9. The fourth-order valence-corrected chi connectivity index (χ4v) is 2.38. The summed E-state index contributed by atoms with van der Waals surface area (Å²) in [6.45, 7) is 1.60. The largest absolute Gasteiger partial charge is 0.452 e. The molecule has 2 rings (SSSR count). The fourth-order valence-electron chi connectivity index (χ4n) is 1.88. The molecule has 0 saturated heterocycles. The molecule has 2 aromatic rings. The van der Waals surface area contributed by atoms with Gasteiger partial charge in [-0.3, -0.25) is 4.79 Å². The van der Waals surface area contributed by atoms with Crippen LogP contribution in [0.1, 0.15) is 22.8 Å². The molecule has 0 heterocycles. The van der Waals surface area contributed by atoms with Crippen molar-refractivity contribution >= 4 is 40.8 Å². The summed E-state index contributed by atoms with van der Waals surface area (Å²) in [6, 6.07) is 11.9. The van der Waals surface area contributed by atoms with Gasteiger partial charge in [-0.15, -0.1) is 0 Å². The van der Waals surface area contributed by atoms with Gasteiger partial charge in [0.05, 0.1) is 21.3 Å². The van der Waals surface area contributed by atoms with Crippen molar-refractivity contribution in [1.29, 1.82) is 0 Å². The van der Waals surface area contributed by atoms with E-state index in [0.29, 0.717) is 21.3 Å². The number of esters is 1. The molecule has 0 aromatic heterocycles. The van der Waals surface area contributed by atoms with E-state index in [0.717, 1.165) is 12.0 Å². The lowest BCUT2D eigenvalue weighted by Crippen LogP contribution is -2.21. The zero-order valence-electron chi connectivity index (χ0n) is 12.4. The molecule has 0 radical (unpaired) electrons. The van der Waals surface area contributed by atoms with Gasteiger partial charge in [0, 0.05) is 0 Å². The molecule has 0 saturated carbocycles. The summed E-state index contributed by atoms with van der Waals surface area (Å²) in [7, 11) is 0. The van der Waals surface area contributed by atoms with Crippen LogP contribution in [0.15, 0.2) is 42.5 Å². The first kappa shape index (κ1) is 17.3. The van der Waals surface area contributed by atoms with E-state index in [1.165, 1.54) is 0 Å². The summed E-state index contributed by atoms with van der Waals surface area (Å²) in [5, 5.41) is 3.15. The van der Waals surface area contributed by atoms with E-state index >= 15 is 0 Å². The van der Waals surface area contributed by atoms with Gasteiger partial charge in [-0.1, -0.05) is 48.3 Å². The second kappa shape index (κ2) is 7.99. The number of nitrogens with one attached hydrogen (secondary N) is 1. The number of rotatable bonds is 5. The number of anilines is 1. The maximum atomic E-state index is 11.9. The monoisotopic (exact) mass is 351 g/mol. The minimum Gasteiger partial charge on any atom is -0.452 e. The molecule has 0 atom stereocenters. The van der Waals surface area contributed by atoms with Crippen LogP contribution in [-0.2, 0) is 16.0 Å². The van der Waals surface area contributed by atoms with E-state index in [-0.39, 0.29) is 0 Å². The first-order valence-electron chi connectivity index (χ1n) is 7.01. The van der Waals surface area contributed by atoms with Gasteiger partial charge in [0.15, 0.2) is 6.61 Å². The highest BCUT2D eigenvalue weighted by Gasteiger charge is 2.13. The summed E-state index contributed by atoms with van der Waals surface area (Å²) in [5.41, 5.74) is 1.81. The number of carbonyl (C=O) groups excluding carboxylic acids is 2. The van der Waals surface area contributed by atoms with E-state index in [2.05, 4.69) is 5.32 Å². The van der Waals surface area contributed by atoms with Crippen LogP contribution in [0.3, 0.4) is 0 Å². The molecule has 0 bridgehead atoms. The first-order valence-corrected chi connectivity index (χ1v) is 7.76. The van der Waals surface area contributed by atoms with E-state index < -0.39 is 18.5 Å². The lowest BCUT2D eigenvalue weighted by atomic mass is 10.1.